The summed E-state index contributed by atoms with van der Waals surface area (Å²) in [5, 5.41) is 11.2. The van der Waals surface area contributed by atoms with Crippen LogP contribution < -0.4 is 5.32 Å². The second-order valence-electron chi connectivity index (χ2n) is 4.14. The average Bonchev–Trinajstić information content (AvgIpc) is 2.99. The van der Waals surface area contributed by atoms with Crippen LogP contribution in [0.15, 0.2) is 22.2 Å². The van der Waals surface area contributed by atoms with Gasteiger partial charge in [-0.05, 0) is 30.8 Å². The molecule has 3 rings (SSSR count). The molecule has 0 bridgehead atoms. The Balaban J connectivity index is 1.72. The van der Waals surface area contributed by atoms with Crippen molar-refractivity contribution >= 4 is 22.7 Å². The van der Waals surface area contributed by atoms with Gasteiger partial charge in [0.05, 0.1) is 10.7 Å². The summed E-state index contributed by atoms with van der Waals surface area (Å²) in [5.41, 5.74) is 2.39. The van der Waals surface area contributed by atoms with Crippen molar-refractivity contribution in [2.75, 3.05) is 6.54 Å². The second kappa shape index (κ2) is 4.65. The van der Waals surface area contributed by atoms with E-state index in [1.807, 2.05) is 0 Å². The molecule has 0 aliphatic carbocycles. The maximum Gasteiger partial charge on any atom is 0.0948 e. The van der Waals surface area contributed by atoms with Crippen LogP contribution in [0.25, 0.3) is 11.3 Å². The number of thiazole rings is 1. The van der Waals surface area contributed by atoms with E-state index in [0.717, 1.165) is 12.1 Å². The fourth-order valence-corrected chi connectivity index (χ4v) is 3.62. The van der Waals surface area contributed by atoms with E-state index in [-0.39, 0.29) is 0 Å². The fraction of sp³-hybridized carbons (Fsp3) is 0.417. The normalized spacial score (nSPS) is 20.4. The van der Waals surface area contributed by atoms with Gasteiger partial charge in [0.25, 0.3) is 0 Å². The summed E-state index contributed by atoms with van der Waals surface area (Å²) in [7, 11) is 0. The third kappa shape index (κ3) is 2.19. The maximum absolute atomic E-state index is 4.70. The second-order valence-corrected chi connectivity index (χ2v) is 5.86. The van der Waals surface area contributed by atoms with Gasteiger partial charge in [-0.3, -0.25) is 0 Å². The summed E-state index contributed by atoms with van der Waals surface area (Å²) in [6, 6.07) is 2.79. The van der Waals surface area contributed by atoms with Crippen LogP contribution >= 0.6 is 22.7 Å². The first-order chi connectivity index (χ1) is 7.92. The van der Waals surface area contributed by atoms with Gasteiger partial charge in [-0.15, -0.1) is 11.3 Å². The summed E-state index contributed by atoms with van der Waals surface area (Å²) >= 11 is 3.52. The Morgan fingerprint density at radius 2 is 2.44 bits per heavy atom. The average molecular weight is 250 g/mol. The monoisotopic (exact) mass is 250 g/mol. The van der Waals surface area contributed by atoms with Gasteiger partial charge in [0.15, 0.2) is 0 Å². The number of nitrogens with zero attached hydrogens (tertiary/aromatic N) is 1. The molecule has 0 aromatic carbocycles. The summed E-state index contributed by atoms with van der Waals surface area (Å²) in [6.45, 7) is 1.17. The van der Waals surface area contributed by atoms with Gasteiger partial charge < -0.3 is 5.32 Å². The highest BCUT2D eigenvalue weighted by molar-refractivity contribution is 7.10. The third-order valence-corrected chi connectivity index (χ3v) is 4.51. The highest BCUT2D eigenvalue weighted by Gasteiger charge is 2.16. The van der Waals surface area contributed by atoms with Crippen LogP contribution in [0, 0.1) is 0 Å². The molecule has 84 valence electrons. The Hall–Kier alpha value is -0.710. The van der Waals surface area contributed by atoms with E-state index >= 15 is 0 Å². The molecule has 3 heterocycles. The quantitative estimate of drug-likeness (QED) is 0.905. The molecular weight excluding hydrogens is 236 g/mol. The lowest BCUT2D eigenvalue weighted by atomic mass is 10.2. The largest absolute Gasteiger partial charge is 0.314 e. The van der Waals surface area contributed by atoms with Crippen LogP contribution in [0.1, 0.15) is 17.8 Å². The Labute approximate surface area is 103 Å². The van der Waals surface area contributed by atoms with Crippen LogP contribution in [0.5, 0.6) is 0 Å². The highest BCUT2D eigenvalue weighted by atomic mass is 32.1. The standard InChI is InChI=1S/C12H14N2S2/c1-2-10(13-4-1)6-12-14-11(8-16-12)9-3-5-15-7-9/h3,5,7-8,10,13H,1-2,4,6H2. The molecule has 0 radical (unpaired) electrons. The molecule has 1 unspecified atom stereocenters. The molecule has 0 spiro atoms. The Morgan fingerprint density at radius 3 is 3.19 bits per heavy atom. The predicted octanol–water partition coefficient (Wildman–Crippen LogP) is 3.17. The van der Waals surface area contributed by atoms with Crippen LogP contribution in [0.4, 0.5) is 0 Å². The molecule has 1 atom stereocenters. The lowest BCUT2D eigenvalue weighted by Gasteiger charge is -2.06. The van der Waals surface area contributed by atoms with Crippen molar-refractivity contribution in [2.45, 2.75) is 25.3 Å². The smallest absolute Gasteiger partial charge is 0.0948 e. The van der Waals surface area contributed by atoms with Crippen LogP contribution in [0.3, 0.4) is 0 Å². The van der Waals surface area contributed by atoms with Gasteiger partial charge in [0.2, 0.25) is 0 Å². The lowest BCUT2D eigenvalue weighted by molar-refractivity contribution is 0.601. The minimum atomic E-state index is 0.654. The van der Waals surface area contributed by atoms with Crippen molar-refractivity contribution in [1.29, 1.82) is 0 Å². The van der Waals surface area contributed by atoms with Gasteiger partial charge in [0.1, 0.15) is 0 Å². The first-order valence-electron chi connectivity index (χ1n) is 5.62. The Kier molecular flexibility index (Phi) is 3.04. The minimum absolute atomic E-state index is 0.654. The van der Waals surface area contributed by atoms with E-state index in [1.165, 1.54) is 30.0 Å². The minimum Gasteiger partial charge on any atom is -0.314 e. The van der Waals surface area contributed by atoms with Crippen LogP contribution in [-0.4, -0.2) is 17.6 Å². The Morgan fingerprint density at radius 1 is 1.44 bits per heavy atom. The van der Waals surface area contributed by atoms with Crippen molar-refractivity contribution in [3.63, 3.8) is 0 Å². The van der Waals surface area contributed by atoms with Crippen molar-refractivity contribution in [1.82, 2.24) is 10.3 Å². The van der Waals surface area contributed by atoms with E-state index in [0.29, 0.717) is 6.04 Å². The number of nitrogens with one attached hydrogen (secondary N) is 1. The number of hydrogen-bond acceptors (Lipinski definition) is 4. The summed E-state index contributed by atoms with van der Waals surface area (Å²) in [5.74, 6) is 0. The molecule has 4 heteroatoms. The van der Waals surface area contributed by atoms with Crippen molar-refractivity contribution in [3.05, 3.63) is 27.2 Å². The van der Waals surface area contributed by atoms with E-state index < -0.39 is 0 Å². The Bertz CT molecular complexity index is 441. The molecule has 2 nitrogen and oxygen atoms in total. The lowest BCUT2D eigenvalue weighted by Crippen LogP contribution is -2.23. The van der Waals surface area contributed by atoms with Crippen molar-refractivity contribution < 1.29 is 0 Å². The zero-order chi connectivity index (χ0) is 10.8. The van der Waals surface area contributed by atoms with E-state index in [1.54, 1.807) is 22.7 Å². The molecule has 1 saturated heterocycles. The van der Waals surface area contributed by atoms with Crippen molar-refractivity contribution in [3.8, 4) is 11.3 Å². The number of aromatic nitrogens is 1. The highest BCUT2D eigenvalue weighted by Crippen LogP contribution is 2.25. The van der Waals surface area contributed by atoms with Crippen LogP contribution in [-0.2, 0) is 6.42 Å². The van der Waals surface area contributed by atoms with Gasteiger partial charge in [-0.25, -0.2) is 4.98 Å². The molecule has 2 aromatic rings. The topological polar surface area (TPSA) is 24.9 Å². The van der Waals surface area contributed by atoms with Gasteiger partial charge in [0, 0.05) is 28.8 Å². The first-order valence-corrected chi connectivity index (χ1v) is 7.44. The number of rotatable bonds is 3. The molecule has 1 N–H and O–H groups in total. The van der Waals surface area contributed by atoms with E-state index in [4.69, 9.17) is 4.98 Å². The SMILES string of the molecule is c1cc(-c2csc(CC3CCCN3)n2)cs1. The van der Waals surface area contributed by atoms with Crippen molar-refractivity contribution in [2.24, 2.45) is 0 Å². The van der Waals surface area contributed by atoms with Gasteiger partial charge in [-0.1, -0.05) is 0 Å². The summed E-state index contributed by atoms with van der Waals surface area (Å²) in [6.07, 6.45) is 3.70. The molecule has 2 aromatic heterocycles. The molecule has 1 aliphatic heterocycles. The molecule has 0 amide bonds. The molecule has 16 heavy (non-hydrogen) atoms. The molecule has 1 fully saturated rings. The zero-order valence-corrected chi connectivity index (χ0v) is 10.6. The molecular formula is C12H14N2S2. The van der Waals surface area contributed by atoms with Crippen LogP contribution in [0.2, 0.25) is 0 Å². The van der Waals surface area contributed by atoms with Gasteiger partial charge in [-0.2, -0.15) is 11.3 Å². The number of hydrogen-bond donors (Lipinski definition) is 1. The summed E-state index contributed by atoms with van der Waals surface area (Å²) in [4.78, 5) is 4.70. The maximum atomic E-state index is 4.70. The zero-order valence-electron chi connectivity index (χ0n) is 8.98. The van der Waals surface area contributed by atoms with E-state index in [9.17, 15) is 0 Å². The fourth-order valence-electron chi connectivity index (χ4n) is 2.09. The molecule has 0 saturated carbocycles. The van der Waals surface area contributed by atoms with Gasteiger partial charge >= 0.3 is 0 Å². The first kappa shape index (κ1) is 10.4. The number of thiophene rings is 1. The van der Waals surface area contributed by atoms with E-state index in [2.05, 4.69) is 27.5 Å². The molecule has 1 aliphatic rings. The summed E-state index contributed by atoms with van der Waals surface area (Å²) < 4.78 is 0. The predicted molar refractivity (Wildman–Crippen MR) is 70.2 cm³/mol. The third-order valence-electron chi connectivity index (χ3n) is 2.95.